The Kier molecular flexibility index (Phi) is 14.2. The average Bonchev–Trinajstić information content (AvgIpc) is 2.62. The maximum absolute atomic E-state index is 12.4. The van der Waals surface area contributed by atoms with E-state index in [1.165, 1.54) is 12.2 Å². The van der Waals surface area contributed by atoms with Gasteiger partial charge in [0.15, 0.2) is 0 Å². The van der Waals surface area contributed by atoms with Crippen molar-refractivity contribution in [3.05, 3.63) is 37.7 Å². The number of rotatable bonds is 13. The Labute approximate surface area is 176 Å². The van der Waals surface area contributed by atoms with E-state index in [-0.39, 0.29) is 17.7 Å². The summed E-state index contributed by atoms with van der Waals surface area (Å²) in [5.41, 5.74) is 0. The van der Waals surface area contributed by atoms with Crippen LogP contribution in [0, 0.1) is 0 Å². The first-order chi connectivity index (χ1) is 11.9. The summed E-state index contributed by atoms with van der Waals surface area (Å²) in [7, 11) is 0. The van der Waals surface area contributed by atoms with Gasteiger partial charge in [0.05, 0.1) is 45.7 Å². The zero-order valence-corrected chi connectivity index (χ0v) is 18.2. The lowest BCUT2D eigenvalue weighted by Crippen LogP contribution is -2.42. The lowest BCUT2D eigenvalue weighted by Gasteiger charge is -2.24. The molecular weight excluding hydrogens is 552 g/mol. The molecule has 0 spiro atoms. The molecule has 0 saturated carbocycles. The summed E-state index contributed by atoms with van der Waals surface area (Å²) >= 11 is 4.10. The molecule has 140 valence electrons. The molecule has 0 heterocycles. The maximum Gasteiger partial charge on any atom is 0.243 e. The molecule has 10 heteroatoms. The highest BCUT2D eigenvalue weighted by Gasteiger charge is 2.14. The molecule has 0 fully saturated rings. The summed E-state index contributed by atoms with van der Waals surface area (Å²) in [5, 5.41) is 5.27. The topological polar surface area (TPSA) is 93.8 Å². The minimum Gasteiger partial charge on any atom is -0.351 e. The van der Waals surface area contributed by atoms with Gasteiger partial charge in [-0.05, 0) is 12.2 Å². The first kappa shape index (κ1) is 23.7. The molecule has 8 nitrogen and oxygen atoms in total. The first-order valence-electron chi connectivity index (χ1n) is 7.48. The van der Waals surface area contributed by atoms with Crippen molar-refractivity contribution in [2.75, 3.05) is 32.7 Å². The Morgan fingerprint density at radius 3 is 1.92 bits per heavy atom. The Morgan fingerprint density at radius 2 is 1.48 bits per heavy atom. The average molecular weight is 575 g/mol. The summed E-state index contributed by atoms with van der Waals surface area (Å²) in [6, 6.07) is 0. The number of halogens is 2. The fraction of sp³-hybridized carbons (Fsp3) is 0.400. The number of carbonyl (C=O) groups is 3. The molecule has 0 radical (unpaired) electrons. The minimum absolute atomic E-state index is 0.0572. The quantitative estimate of drug-likeness (QED) is 0.172. The van der Waals surface area contributed by atoms with Crippen LogP contribution in [0.5, 0.6) is 0 Å². The third-order valence-corrected chi connectivity index (χ3v) is 4.09. The number of nitrogens with zero attached hydrogens (tertiary/aromatic N) is 2. The van der Waals surface area contributed by atoms with Crippen molar-refractivity contribution in [1.29, 1.82) is 0 Å². The highest BCUT2D eigenvalue weighted by molar-refractivity contribution is 14.1. The van der Waals surface area contributed by atoms with E-state index in [4.69, 9.17) is 0 Å². The molecule has 3 amide bonds. The van der Waals surface area contributed by atoms with Crippen LogP contribution in [0.2, 0.25) is 0 Å². The lowest BCUT2D eigenvalue weighted by atomic mass is 10.3. The Balaban J connectivity index is 4.50. The summed E-state index contributed by atoms with van der Waals surface area (Å²) in [5.74, 6) is -0.636. The van der Waals surface area contributed by atoms with Crippen LogP contribution in [0.25, 0.3) is 0 Å². The van der Waals surface area contributed by atoms with Gasteiger partial charge in [0.2, 0.25) is 17.7 Å². The van der Waals surface area contributed by atoms with E-state index in [9.17, 15) is 14.4 Å². The van der Waals surface area contributed by atoms with E-state index in [1.807, 2.05) is 32.2 Å². The van der Waals surface area contributed by atoms with Gasteiger partial charge in [0.25, 0.3) is 0 Å². The molecule has 0 aliphatic heterocycles. The van der Waals surface area contributed by atoms with Crippen LogP contribution in [-0.2, 0) is 14.4 Å². The Morgan fingerprint density at radius 1 is 0.960 bits per heavy atom. The molecule has 0 unspecified atom stereocenters. The second kappa shape index (κ2) is 15.0. The van der Waals surface area contributed by atoms with Crippen LogP contribution in [0.3, 0.4) is 0 Å². The summed E-state index contributed by atoms with van der Waals surface area (Å²) in [6.45, 7) is 8.65. The number of carbonyl (C=O) groups excluding carboxylic acids is 3. The van der Waals surface area contributed by atoms with E-state index in [0.29, 0.717) is 39.1 Å². The summed E-state index contributed by atoms with van der Waals surface area (Å²) in [4.78, 5) is 36.4. The first-order valence-corrected chi connectivity index (χ1v) is 9.52. The third kappa shape index (κ3) is 12.7. The molecule has 25 heavy (non-hydrogen) atoms. The Bertz CT molecular complexity index is 474. The van der Waals surface area contributed by atoms with Gasteiger partial charge in [-0.1, -0.05) is 13.2 Å². The highest BCUT2D eigenvalue weighted by Crippen LogP contribution is 2.03. The number of nitrogens with one attached hydrogen (secondary N) is 3. The van der Waals surface area contributed by atoms with Gasteiger partial charge in [-0.2, -0.15) is 0 Å². The van der Waals surface area contributed by atoms with Crippen molar-refractivity contribution >= 4 is 63.5 Å². The number of hydrogen-bond donors (Lipinski definition) is 3. The standard InChI is InChI=1S/C15H23I2N5O3/c1-3-13(23)18-6-10-21(11-7-19-14(24)4-2)15(25)5-9-22(17)12-8-20-16/h3-4,8,12,20H,1-2,5-7,9-11H2,(H,18,23)(H,19,24)/b12-8-. The van der Waals surface area contributed by atoms with Crippen LogP contribution in [0.1, 0.15) is 6.42 Å². The zero-order chi connectivity index (χ0) is 19.1. The van der Waals surface area contributed by atoms with Crippen molar-refractivity contribution in [2.24, 2.45) is 0 Å². The van der Waals surface area contributed by atoms with Gasteiger partial charge in [-0.15, -0.1) is 0 Å². The van der Waals surface area contributed by atoms with E-state index >= 15 is 0 Å². The molecule has 3 N–H and O–H groups in total. The van der Waals surface area contributed by atoms with Crippen LogP contribution >= 0.6 is 45.7 Å². The molecule has 0 rings (SSSR count). The molecular formula is C15H23I2N5O3. The predicted molar refractivity (Wildman–Crippen MR) is 115 cm³/mol. The van der Waals surface area contributed by atoms with Gasteiger partial charge in [0, 0.05) is 51.5 Å². The number of hydrogen-bond acceptors (Lipinski definition) is 5. The Hall–Kier alpha value is -1.31. The van der Waals surface area contributed by atoms with Crippen molar-refractivity contribution in [3.8, 4) is 0 Å². The van der Waals surface area contributed by atoms with Crippen LogP contribution in [0.4, 0.5) is 0 Å². The largest absolute Gasteiger partial charge is 0.351 e. The fourth-order valence-corrected chi connectivity index (χ4v) is 2.24. The van der Waals surface area contributed by atoms with Gasteiger partial charge >= 0.3 is 0 Å². The fourth-order valence-electron chi connectivity index (χ4n) is 1.68. The predicted octanol–water partition coefficient (Wildman–Crippen LogP) is 0.872. The molecule has 0 atom stereocenters. The lowest BCUT2D eigenvalue weighted by molar-refractivity contribution is -0.131. The third-order valence-electron chi connectivity index (χ3n) is 2.92. The molecule has 0 aliphatic carbocycles. The normalized spacial score (nSPS) is 10.0. The van der Waals surface area contributed by atoms with Crippen molar-refractivity contribution in [3.63, 3.8) is 0 Å². The van der Waals surface area contributed by atoms with Crippen LogP contribution in [-0.4, -0.2) is 58.5 Å². The zero-order valence-electron chi connectivity index (χ0n) is 13.8. The van der Waals surface area contributed by atoms with E-state index in [0.717, 1.165) is 0 Å². The van der Waals surface area contributed by atoms with Crippen molar-refractivity contribution < 1.29 is 14.4 Å². The molecule has 0 saturated heterocycles. The smallest absolute Gasteiger partial charge is 0.243 e. The second-order valence-corrected chi connectivity index (χ2v) is 6.53. The van der Waals surface area contributed by atoms with Crippen LogP contribution < -0.4 is 14.2 Å². The van der Waals surface area contributed by atoms with E-state index < -0.39 is 0 Å². The molecule has 0 aliphatic rings. The molecule has 0 aromatic carbocycles. The highest BCUT2D eigenvalue weighted by atomic mass is 127. The maximum atomic E-state index is 12.4. The van der Waals surface area contributed by atoms with Crippen LogP contribution in [0.15, 0.2) is 37.7 Å². The SMILES string of the molecule is C=CC(=O)NCCN(CCNC(=O)C=C)C(=O)CCN(I)/C=C\NI. The minimum atomic E-state index is -0.290. The molecule has 0 aromatic heterocycles. The van der Waals surface area contributed by atoms with Gasteiger partial charge in [0.1, 0.15) is 0 Å². The summed E-state index contributed by atoms with van der Waals surface area (Å²) in [6.07, 6.45) is 6.25. The summed E-state index contributed by atoms with van der Waals surface area (Å²) < 4.78 is 4.71. The van der Waals surface area contributed by atoms with Gasteiger partial charge in [-0.3, -0.25) is 14.4 Å². The van der Waals surface area contributed by atoms with E-state index in [2.05, 4.69) is 50.2 Å². The molecule has 0 bridgehead atoms. The molecule has 0 aromatic rings. The number of amides is 3. The van der Waals surface area contributed by atoms with Crippen molar-refractivity contribution in [1.82, 2.24) is 22.2 Å². The monoisotopic (exact) mass is 575 g/mol. The van der Waals surface area contributed by atoms with Gasteiger partial charge < -0.3 is 22.2 Å². The van der Waals surface area contributed by atoms with E-state index in [1.54, 1.807) is 11.1 Å². The second-order valence-electron chi connectivity index (χ2n) is 4.67. The van der Waals surface area contributed by atoms with Gasteiger partial charge in [-0.25, -0.2) is 0 Å². The van der Waals surface area contributed by atoms with Crippen molar-refractivity contribution in [2.45, 2.75) is 6.42 Å².